The van der Waals surface area contributed by atoms with Gasteiger partial charge < -0.3 is 5.11 Å². The van der Waals surface area contributed by atoms with Crippen LogP contribution in [0.3, 0.4) is 0 Å². The molecule has 0 fully saturated rings. The maximum absolute atomic E-state index is 12.5. The van der Waals surface area contributed by atoms with Crippen molar-refractivity contribution in [1.82, 2.24) is 0 Å². The fraction of sp³-hybridized carbons (Fsp3) is 0.267. The summed E-state index contributed by atoms with van der Waals surface area (Å²) in [5, 5.41) is 9.70. The number of benzene rings is 1. The number of hydrogen-bond acceptors (Lipinski definition) is 4. The van der Waals surface area contributed by atoms with E-state index < -0.39 is 0 Å². The number of rotatable bonds is 3. The third kappa shape index (κ3) is 2.48. The number of aliphatic hydroxyl groups excluding tert-OH is 1. The highest BCUT2D eigenvalue weighted by Gasteiger charge is 2.16. The molecule has 1 aromatic heterocycles. The lowest BCUT2D eigenvalue weighted by molar-refractivity contribution is 0.322. The predicted molar refractivity (Wildman–Crippen MR) is 83.9 cm³/mol. The largest absolute Gasteiger partial charge is 0.396 e. The molecule has 0 amide bonds. The van der Waals surface area contributed by atoms with Crippen LogP contribution < -0.4 is 5.43 Å². The van der Waals surface area contributed by atoms with Gasteiger partial charge in [0.25, 0.3) is 0 Å². The molecule has 1 heterocycles. The molecule has 2 aromatic rings. The lowest BCUT2D eigenvalue weighted by Gasteiger charge is -2.15. The first-order valence-corrected chi connectivity index (χ1v) is 8.09. The van der Waals surface area contributed by atoms with E-state index in [4.69, 9.17) is 5.11 Å². The molecule has 1 N–H and O–H groups in total. The van der Waals surface area contributed by atoms with Gasteiger partial charge in [0.15, 0.2) is 5.43 Å². The maximum atomic E-state index is 12.5. The summed E-state index contributed by atoms with van der Waals surface area (Å²) < 4.78 is 1.08. The van der Waals surface area contributed by atoms with Crippen molar-refractivity contribution in [3.8, 4) is 0 Å². The van der Waals surface area contributed by atoms with Crippen molar-refractivity contribution in [2.45, 2.75) is 12.8 Å². The molecule has 0 spiro atoms. The van der Waals surface area contributed by atoms with E-state index in [-0.39, 0.29) is 12.0 Å². The number of fused-ring (bicyclic) bond motifs is 2. The minimum absolute atomic E-state index is 0.145. The van der Waals surface area contributed by atoms with Crippen LogP contribution in [0.1, 0.15) is 16.9 Å². The molecule has 0 bridgehead atoms. The Morgan fingerprint density at radius 3 is 2.95 bits per heavy atom. The second kappa shape index (κ2) is 5.49. The topological polar surface area (TPSA) is 37.3 Å². The van der Waals surface area contributed by atoms with Crippen molar-refractivity contribution in [3.63, 3.8) is 0 Å². The smallest absolute Gasteiger partial charge is 0.195 e. The normalized spacial score (nSPS) is 14.3. The minimum Gasteiger partial charge on any atom is -0.396 e. The molecule has 4 heteroatoms. The highest BCUT2D eigenvalue weighted by atomic mass is 32.2. The summed E-state index contributed by atoms with van der Waals surface area (Å²) in [4.78, 5) is 14.9. The zero-order valence-electron chi connectivity index (χ0n) is 10.4. The lowest BCUT2D eigenvalue weighted by atomic mass is 10.0. The van der Waals surface area contributed by atoms with Gasteiger partial charge in [-0.2, -0.15) is 0 Å². The quantitative estimate of drug-likeness (QED) is 0.942. The predicted octanol–water partition coefficient (Wildman–Crippen LogP) is 3.27. The van der Waals surface area contributed by atoms with Gasteiger partial charge in [-0.1, -0.05) is 12.1 Å². The second-order valence-corrected chi connectivity index (χ2v) is 6.80. The van der Waals surface area contributed by atoms with Crippen molar-refractivity contribution in [2.24, 2.45) is 0 Å². The number of aliphatic hydroxyl groups is 1. The van der Waals surface area contributed by atoms with Crippen LogP contribution in [0.25, 0.3) is 16.2 Å². The van der Waals surface area contributed by atoms with E-state index in [0.29, 0.717) is 5.75 Å². The summed E-state index contributed by atoms with van der Waals surface area (Å²) in [5.41, 5.74) is 1.00. The average molecular weight is 290 g/mol. The van der Waals surface area contributed by atoms with Crippen LogP contribution in [0.15, 0.2) is 34.0 Å². The van der Waals surface area contributed by atoms with Crippen LogP contribution in [0, 0.1) is 0 Å². The van der Waals surface area contributed by atoms with Gasteiger partial charge in [0.2, 0.25) is 0 Å². The third-order valence-electron chi connectivity index (χ3n) is 3.19. The van der Waals surface area contributed by atoms with Gasteiger partial charge in [0.1, 0.15) is 0 Å². The van der Waals surface area contributed by atoms with Crippen molar-refractivity contribution in [1.29, 1.82) is 0 Å². The Morgan fingerprint density at radius 2 is 2.11 bits per heavy atom. The molecule has 1 aliphatic carbocycles. The van der Waals surface area contributed by atoms with Crippen LogP contribution in [0.4, 0.5) is 0 Å². The number of hydrogen-bond donors (Lipinski definition) is 1. The van der Waals surface area contributed by atoms with Gasteiger partial charge in [0.05, 0.1) is 6.61 Å². The summed E-state index contributed by atoms with van der Waals surface area (Å²) in [6.45, 7) is 0.180. The van der Waals surface area contributed by atoms with Crippen molar-refractivity contribution in [3.05, 3.63) is 49.8 Å². The summed E-state index contributed by atoms with van der Waals surface area (Å²) in [5.74, 6) is 0.701. The van der Waals surface area contributed by atoms with Gasteiger partial charge in [-0.3, -0.25) is 4.79 Å². The van der Waals surface area contributed by atoms with Gasteiger partial charge in [-0.05, 0) is 36.0 Å². The fourth-order valence-corrected chi connectivity index (χ4v) is 4.24. The summed E-state index contributed by atoms with van der Waals surface area (Å²) in [6.07, 6.45) is 3.93. The fourth-order valence-electron chi connectivity index (χ4n) is 2.29. The van der Waals surface area contributed by atoms with E-state index in [9.17, 15) is 4.79 Å². The van der Waals surface area contributed by atoms with Crippen LogP contribution in [-0.4, -0.2) is 17.5 Å². The highest BCUT2D eigenvalue weighted by Crippen LogP contribution is 2.33. The molecule has 1 aromatic carbocycles. The minimum atomic E-state index is 0.145. The van der Waals surface area contributed by atoms with E-state index in [0.717, 1.165) is 28.5 Å². The van der Waals surface area contributed by atoms with Crippen molar-refractivity contribution < 1.29 is 5.11 Å². The van der Waals surface area contributed by atoms with Crippen LogP contribution in [-0.2, 0) is 6.42 Å². The highest BCUT2D eigenvalue weighted by molar-refractivity contribution is 8.03. The number of allylic oxidation sites excluding steroid dienone is 1. The van der Waals surface area contributed by atoms with E-state index in [1.807, 2.05) is 30.3 Å². The van der Waals surface area contributed by atoms with Gasteiger partial charge in [-0.15, -0.1) is 23.1 Å². The molecule has 0 aliphatic heterocycles. The van der Waals surface area contributed by atoms with Gasteiger partial charge in [-0.25, -0.2) is 0 Å². The average Bonchev–Trinajstić information content (AvgIpc) is 2.46. The molecular weight excluding hydrogens is 276 g/mol. The van der Waals surface area contributed by atoms with E-state index in [2.05, 4.69) is 0 Å². The Morgan fingerprint density at radius 1 is 1.26 bits per heavy atom. The Kier molecular flexibility index (Phi) is 3.73. The standard InChI is InChI=1S/C15H14O2S2/c16-7-8-18-10-5-6-14-12(9-10)15(17)11-3-1-2-4-13(11)19-14/h1-4,9,16H,5-8H2. The lowest BCUT2D eigenvalue weighted by Crippen LogP contribution is -2.11. The van der Waals surface area contributed by atoms with E-state index in [1.54, 1.807) is 23.1 Å². The second-order valence-electron chi connectivity index (χ2n) is 4.45. The zero-order chi connectivity index (χ0) is 13.2. The van der Waals surface area contributed by atoms with E-state index >= 15 is 0 Å². The molecule has 0 unspecified atom stereocenters. The molecule has 98 valence electrons. The molecule has 2 nitrogen and oxygen atoms in total. The summed E-state index contributed by atoms with van der Waals surface area (Å²) in [6, 6.07) is 7.81. The summed E-state index contributed by atoms with van der Waals surface area (Å²) in [7, 11) is 0. The molecule has 0 saturated heterocycles. The number of aryl methyl sites for hydroxylation is 1. The Labute approximate surface area is 119 Å². The molecule has 1 aliphatic rings. The van der Waals surface area contributed by atoms with Gasteiger partial charge in [0, 0.05) is 26.3 Å². The SMILES string of the molecule is O=c1c2c(sc3ccccc13)CCC(SCCO)=C2. The van der Waals surface area contributed by atoms with E-state index in [1.165, 1.54) is 9.78 Å². The number of thioether (sulfide) groups is 1. The zero-order valence-corrected chi connectivity index (χ0v) is 12.0. The molecule has 0 atom stereocenters. The van der Waals surface area contributed by atoms with Crippen LogP contribution in [0.2, 0.25) is 0 Å². The third-order valence-corrected chi connectivity index (χ3v) is 5.52. The molecule has 19 heavy (non-hydrogen) atoms. The first kappa shape index (κ1) is 12.9. The summed E-state index contributed by atoms with van der Waals surface area (Å²) >= 11 is 3.38. The van der Waals surface area contributed by atoms with Crippen LogP contribution >= 0.6 is 23.1 Å². The Bertz CT molecular complexity index is 701. The van der Waals surface area contributed by atoms with Crippen molar-refractivity contribution in [2.75, 3.05) is 12.4 Å². The Hall–Kier alpha value is -1.10. The van der Waals surface area contributed by atoms with Gasteiger partial charge >= 0.3 is 0 Å². The van der Waals surface area contributed by atoms with Crippen LogP contribution in [0.5, 0.6) is 0 Å². The Balaban J connectivity index is 2.12. The molecular formula is C15H14O2S2. The monoisotopic (exact) mass is 290 g/mol. The first-order chi connectivity index (χ1) is 9.29. The molecule has 0 saturated carbocycles. The molecule has 0 radical (unpaired) electrons. The first-order valence-electron chi connectivity index (χ1n) is 6.28. The maximum Gasteiger partial charge on any atom is 0.195 e. The van der Waals surface area contributed by atoms with Crippen molar-refractivity contribution >= 4 is 39.3 Å². The molecule has 3 rings (SSSR count).